The molecular weight excluding hydrogens is 216 g/mol. The fourth-order valence-electron chi connectivity index (χ4n) is 1.55. The van der Waals surface area contributed by atoms with E-state index >= 15 is 0 Å². The van der Waals surface area contributed by atoms with Gasteiger partial charge in [-0.05, 0) is 37.5 Å². The Bertz CT molecular complexity index is 408. The Kier molecular flexibility index (Phi) is 5.27. The van der Waals surface area contributed by atoms with E-state index in [9.17, 15) is 4.79 Å². The van der Waals surface area contributed by atoms with Crippen LogP contribution in [-0.2, 0) is 16.0 Å². The van der Waals surface area contributed by atoms with E-state index in [2.05, 4.69) is 0 Å². The molecule has 1 aromatic carbocycles. The summed E-state index contributed by atoms with van der Waals surface area (Å²) in [6.45, 7) is 4.20. The van der Waals surface area contributed by atoms with Crippen LogP contribution in [0.15, 0.2) is 30.4 Å². The smallest absolute Gasteiger partial charge is 0.330 e. The van der Waals surface area contributed by atoms with Gasteiger partial charge in [0.1, 0.15) is 5.75 Å². The zero-order valence-electron chi connectivity index (χ0n) is 10.5. The molecule has 0 amide bonds. The summed E-state index contributed by atoms with van der Waals surface area (Å²) in [5, 5.41) is 0. The first kappa shape index (κ1) is 13.3. The summed E-state index contributed by atoms with van der Waals surface area (Å²) in [7, 11) is 1.66. The van der Waals surface area contributed by atoms with Gasteiger partial charge in [0.25, 0.3) is 0 Å². The van der Waals surface area contributed by atoms with E-state index in [1.54, 1.807) is 20.1 Å². The van der Waals surface area contributed by atoms with Gasteiger partial charge in [0.2, 0.25) is 0 Å². The number of rotatable bonds is 5. The number of esters is 1. The summed E-state index contributed by atoms with van der Waals surface area (Å²) >= 11 is 0. The lowest BCUT2D eigenvalue weighted by atomic mass is 10.1. The molecular formula is C14H18O3. The summed E-state index contributed by atoms with van der Waals surface area (Å²) in [5.74, 6) is 0.584. The largest absolute Gasteiger partial charge is 0.496 e. The van der Waals surface area contributed by atoms with Crippen LogP contribution in [0.3, 0.4) is 0 Å². The van der Waals surface area contributed by atoms with Crippen LogP contribution in [-0.4, -0.2) is 19.7 Å². The first-order chi connectivity index (χ1) is 8.17. The molecule has 3 nitrogen and oxygen atoms in total. The molecule has 0 N–H and O–H groups in total. The van der Waals surface area contributed by atoms with Crippen molar-refractivity contribution in [2.75, 3.05) is 13.7 Å². The molecule has 0 spiro atoms. The molecule has 0 aromatic heterocycles. The first-order valence-electron chi connectivity index (χ1n) is 5.64. The summed E-state index contributed by atoms with van der Waals surface area (Å²) in [6, 6.07) is 5.97. The molecule has 3 heteroatoms. The number of hydrogen-bond donors (Lipinski definition) is 0. The summed E-state index contributed by atoms with van der Waals surface area (Å²) in [4.78, 5) is 11.1. The van der Waals surface area contributed by atoms with Gasteiger partial charge in [-0.25, -0.2) is 4.79 Å². The maximum atomic E-state index is 11.1. The fourth-order valence-corrected chi connectivity index (χ4v) is 1.55. The minimum atomic E-state index is -0.294. The van der Waals surface area contributed by atoms with Crippen molar-refractivity contribution in [3.63, 3.8) is 0 Å². The Hall–Kier alpha value is -1.77. The summed E-state index contributed by atoms with van der Waals surface area (Å²) < 4.78 is 9.98. The van der Waals surface area contributed by atoms with E-state index < -0.39 is 0 Å². The number of ether oxygens (including phenoxy) is 2. The van der Waals surface area contributed by atoms with Gasteiger partial charge in [0.05, 0.1) is 13.7 Å². The molecule has 0 aliphatic carbocycles. The third-order valence-electron chi connectivity index (χ3n) is 2.35. The highest BCUT2D eigenvalue weighted by Crippen LogP contribution is 2.18. The zero-order valence-corrected chi connectivity index (χ0v) is 10.5. The Labute approximate surface area is 102 Å². The number of allylic oxidation sites excluding steroid dienone is 1. The van der Waals surface area contributed by atoms with Crippen molar-refractivity contribution in [2.45, 2.75) is 20.3 Å². The second-order valence-corrected chi connectivity index (χ2v) is 3.66. The lowest BCUT2D eigenvalue weighted by molar-refractivity contribution is -0.137. The van der Waals surface area contributed by atoms with Crippen molar-refractivity contribution in [1.29, 1.82) is 0 Å². The Morgan fingerprint density at radius 2 is 2.18 bits per heavy atom. The number of methoxy groups -OCH3 is 1. The molecule has 0 heterocycles. The molecule has 1 rings (SSSR count). The maximum absolute atomic E-state index is 11.1. The quantitative estimate of drug-likeness (QED) is 0.580. The van der Waals surface area contributed by atoms with E-state index in [1.807, 2.05) is 25.1 Å². The van der Waals surface area contributed by atoms with Gasteiger partial charge in [0.15, 0.2) is 0 Å². The number of aryl methyl sites for hydroxylation is 1. The number of benzene rings is 1. The summed E-state index contributed by atoms with van der Waals surface area (Å²) in [5.41, 5.74) is 2.23. The van der Waals surface area contributed by atoms with Gasteiger partial charge in [-0.15, -0.1) is 0 Å². The Morgan fingerprint density at radius 1 is 1.41 bits per heavy atom. The fraction of sp³-hybridized carbons (Fsp3) is 0.357. The van der Waals surface area contributed by atoms with Gasteiger partial charge < -0.3 is 9.47 Å². The SMILES string of the molecule is CCOC(=O)/C=C/Cc1ccc(OC)c(C)c1. The van der Waals surface area contributed by atoms with Crippen LogP contribution in [0.2, 0.25) is 0 Å². The van der Waals surface area contributed by atoms with Crippen molar-refractivity contribution < 1.29 is 14.3 Å². The lowest BCUT2D eigenvalue weighted by Crippen LogP contribution is -1.99. The van der Waals surface area contributed by atoms with Gasteiger partial charge in [-0.2, -0.15) is 0 Å². The van der Waals surface area contributed by atoms with E-state index in [1.165, 1.54) is 6.08 Å². The highest BCUT2D eigenvalue weighted by Gasteiger charge is 1.99. The van der Waals surface area contributed by atoms with Crippen LogP contribution in [0.25, 0.3) is 0 Å². The van der Waals surface area contributed by atoms with Crippen LogP contribution in [0.5, 0.6) is 5.75 Å². The van der Waals surface area contributed by atoms with Crippen molar-refractivity contribution in [2.24, 2.45) is 0 Å². The van der Waals surface area contributed by atoms with Gasteiger partial charge in [-0.3, -0.25) is 0 Å². The van der Waals surface area contributed by atoms with Crippen LogP contribution in [0, 0.1) is 6.92 Å². The Balaban J connectivity index is 2.58. The van der Waals surface area contributed by atoms with Crippen molar-refractivity contribution >= 4 is 5.97 Å². The molecule has 17 heavy (non-hydrogen) atoms. The average Bonchev–Trinajstić information content (AvgIpc) is 2.29. The average molecular weight is 234 g/mol. The van der Waals surface area contributed by atoms with E-state index in [0.29, 0.717) is 13.0 Å². The minimum Gasteiger partial charge on any atom is -0.496 e. The molecule has 1 aromatic rings. The lowest BCUT2D eigenvalue weighted by Gasteiger charge is -2.05. The normalized spacial score (nSPS) is 10.5. The van der Waals surface area contributed by atoms with E-state index in [0.717, 1.165) is 16.9 Å². The molecule has 0 atom stereocenters. The predicted molar refractivity (Wildman–Crippen MR) is 67.2 cm³/mol. The molecule has 0 unspecified atom stereocenters. The van der Waals surface area contributed by atoms with Gasteiger partial charge >= 0.3 is 5.97 Å². The number of carbonyl (C=O) groups excluding carboxylic acids is 1. The number of hydrogen-bond acceptors (Lipinski definition) is 3. The monoisotopic (exact) mass is 234 g/mol. The first-order valence-corrected chi connectivity index (χ1v) is 5.64. The minimum absolute atomic E-state index is 0.294. The maximum Gasteiger partial charge on any atom is 0.330 e. The summed E-state index contributed by atoms with van der Waals surface area (Å²) in [6.07, 6.45) is 3.98. The highest BCUT2D eigenvalue weighted by atomic mass is 16.5. The van der Waals surface area contributed by atoms with E-state index in [4.69, 9.17) is 9.47 Å². The van der Waals surface area contributed by atoms with Crippen LogP contribution in [0.1, 0.15) is 18.1 Å². The molecule has 0 radical (unpaired) electrons. The third kappa shape index (κ3) is 4.31. The molecule has 0 aliphatic rings. The second kappa shape index (κ2) is 6.74. The molecule has 0 saturated carbocycles. The predicted octanol–water partition coefficient (Wildman–Crippen LogP) is 2.67. The van der Waals surface area contributed by atoms with Crippen molar-refractivity contribution in [3.8, 4) is 5.75 Å². The van der Waals surface area contributed by atoms with Gasteiger partial charge in [-0.1, -0.05) is 18.2 Å². The van der Waals surface area contributed by atoms with Crippen LogP contribution >= 0.6 is 0 Å². The van der Waals surface area contributed by atoms with E-state index in [-0.39, 0.29) is 5.97 Å². The molecule has 0 saturated heterocycles. The second-order valence-electron chi connectivity index (χ2n) is 3.66. The van der Waals surface area contributed by atoms with Crippen molar-refractivity contribution in [1.82, 2.24) is 0 Å². The van der Waals surface area contributed by atoms with Crippen molar-refractivity contribution in [3.05, 3.63) is 41.5 Å². The molecule has 0 fully saturated rings. The number of carbonyl (C=O) groups is 1. The van der Waals surface area contributed by atoms with Gasteiger partial charge in [0, 0.05) is 6.08 Å². The third-order valence-corrected chi connectivity index (χ3v) is 2.35. The topological polar surface area (TPSA) is 35.5 Å². The Morgan fingerprint density at radius 3 is 2.76 bits per heavy atom. The molecule has 0 aliphatic heterocycles. The van der Waals surface area contributed by atoms with Crippen LogP contribution in [0.4, 0.5) is 0 Å². The zero-order chi connectivity index (χ0) is 12.7. The molecule has 92 valence electrons. The standard InChI is InChI=1S/C14H18O3/c1-4-17-14(15)7-5-6-12-8-9-13(16-3)11(2)10-12/h5,7-10H,4,6H2,1-3H3/b7-5+. The molecule has 0 bridgehead atoms. The van der Waals surface area contributed by atoms with Crippen LogP contribution < -0.4 is 4.74 Å². The highest BCUT2D eigenvalue weighted by molar-refractivity contribution is 5.81.